The van der Waals surface area contributed by atoms with Crippen molar-refractivity contribution in [3.05, 3.63) is 35.0 Å². The normalized spacial score (nSPS) is 10.3. The summed E-state index contributed by atoms with van der Waals surface area (Å²) in [7, 11) is 0. The van der Waals surface area contributed by atoms with E-state index in [4.69, 9.17) is 16.0 Å². The van der Waals surface area contributed by atoms with Crippen molar-refractivity contribution in [2.45, 2.75) is 6.92 Å². The molecule has 0 bridgehead atoms. The zero-order chi connectivity index (χ0) is 10.8. The first-order valence-corrected chi connectivity index (χ1v) is 4.61. The van der Waals surface area contributed by atoms with Crippen LogP contribution in [0, 0.1) is 6.92 Å². The Bertz CT molecular complexity index is 508. The van der Waals surface area contributed by atoms with Gasteiger partial charge in [0.2, 0.25) is 0 Å². The molecule has 0 fully saturated rings. The Hall–Kier alpha value is -1.68. The molecular weight excluding hydrogens is 216 g/mol. The minimum absolute atomic E-state index is 0.149. The number of furan rings is 1. The van der Waals surface area contributed by atoms with Crippen molar-refractivity contribution < 1.29 is 9.21 Å². The van der Waals surface area contributed by atoms with Crippen LogP contribution in [0.25, 0.3) is 11.4 Å². The van der Waals surface area contributed by atoms with Crippen LogP contribution in [0.4, 0.5) is 0 Å². The zero-order valence-corrected chi connectivity index (χ0v) is 8.65. The number of carbonyl (C=O) groups is 1. The number of hydrogen-bond donors (Lipinski definition) is 0. The van der Waals surface area contributed by atoms with Gasteiger partial charge in [-0.25, -0.2) is 9.97 Å². The van der Waals surface area contributed by atoms with Gasteiger partial charge in [0, 0.05) is 6.20 Å². The number of nitrogens with zero attached hydrogens (tertiary/aromatic N) is 2. The van der Waals surface area contributed by atoms with Crippen LogP contribution < -0.4 is 0 Å². The van der Waals surface area contributed by atoms with E-state index in [1.165, 1.54) is 6.20 Å². The highest BCUT2D eigenvalue weighted by Gasteiger charge is 2.09. The first-order valence-electron chi connectivity index (χ1n) is 4.23. The predicted molar refractivity (Wildman–Crippen MR) is 54.9 cm³/mol. The average Bonchev–Trinajstić information content (AvgIpc) is 2.64. The number of aryl methyl sites for hydroxylation is 1. The summed E-state index contributed by atoms with van der Waals surface area (Å²) in [5.74, 6) is 0.455. The molecule has 0 aliphatic rings. The molecule has 2 aromatic rings. The molecule has 0 amide bonds. The van der Waals surface area contributed by atoms with Gasteiger partial charge in [-0.2, -0.15) is 0 Å². The van der Waals surface area contributed by atoms with Crippen LogP contribution in [0.1, 0.15) is 15.9 Å². The van der Waals surface area contributed by atoms with Gasteiger partial charge in [-0.05, 0) is 12.5 Å². The summed E-state index contributed by atoms with van der Waals surface area (Å²) in [6.07, 6.45) is 5.15. The standard InChI is InChI=1S/C10H7ClN2O2/c1-6-4-15-5-8(6)10-12-2-7(3-14)9(11)13-10/h2-5H,1H3. The molecule has 0 atom stereocenters. The van der Waals surface area contributed by atoms with Crippen molar-refractivity contribution >= 4 is 17.9 Å². The smallest absolute Gasteiger partial charge is 0.164 e. The molecule has 0 N–H and O–H groups in total. The Balaban J connectivity index is 2.52. The Morgan fingerprint density at radius 2 is 2.27 bits per heavy atom. The van der Waals surface area contributed by atoms with Gasteiger partial charge < -0.3 is 4.42 Å². The number of hydrogen-bond acceptors (Lipinski definition) is 4. The van der Waals surface area contributed by atoms with Crippen LogP contribution in [-0.2, 0) is 0 Å². The van der Waals surface area contributed by atoms with Gasteiger partial charge in [0.25, 0.3) is 0 Å². The van der Waals surface area contributed by atoms with Crippen LogP contribution in [0.15, 0.2) is 23.1 Å². The van der Waals surface area contributed by atoms with Gasteiger partial charge >= 0.3 is 0 Å². The average molecular weight is 223 g/mol. The molecule has 0 saturated carbocycles. The van der Waals surface area contributed by atoms with E-state index in [1.54, 1.807) is 12.5 Å². The fraction of sp³-hybridized carbons (Fsp3) is 0.100. The summed E-state index contributed by atoms with van der Waals surface area (Å²) in [4.78, 5) is 18.5. The summed E-state index contributed by atoms with van der Waals surface area (Å²) in [5, 5.41) is 0.149. The van der Waals surface area contributed by atoms with Gasteiger partial charge in [0.15, 0.2) is 12.1 Å². The lowest BCUT2D eigenvalue weighted by molar-refractivity contribution is 0.112. The molecule has 0 aliphatic heterocycles. The fourth-order valence-corrected chi connectivity index (χ4v) is 1.34. The summed E-state index contributed by atoms with van der Waals surface area (Å²) >= 11 is 5.79. The molecule has 0 aliphatic carbocycles. The lowest BCUT2D eigenvalue weighted by atomic mass is 10.2. The molecule has 4 nitrogen and oxygen atoms in total. The van der Waals surface area contributed by atoms with Crippen LogP contribution in [0.5, 0.6) is 0 Å². The molecule has 0 saturated heterocycles. The van der Waals surface area contributed by atoms with Crippen LogP contribution in [0.2, 0.25) is 5.15 Å². The second kappa shape index (κ2) is 3.82. The minimum Gasteiger partial charge on any atom is -0.472 e. The quantitative estimate of drug-likeness (QED) is 0.579. The van der Waals surface area contributed by atoms with Gasteiger partial charge in [0.05, 0.1) is 17.4 Å². The molecule has 5 heteroatoms. The predicted octanol–water partition coefficient (Wildman–Crippen LogP) is 2.51. The monoisotopic (exact) mass is 222 g/mol. The van der Waals surface area contributed by atoms with Gasteiger partial charge in [0.1, 0.15) is 11.4 Å². The second-order valence-corrected chi connectivity index (χ2v) is 3.38. The van der Waals surface area contributed by atoms with Crippen LogP contribution >= 0.6 is 11.6 Å². The number of rotatable bonds is 2. The maximum Gasteiger partial charge on any atom is 0.164 e. The van der Waals surface area contributed by atoms with Crippen molar-refractivity contribution in [3.8, 4) is 11.4 Å². The Labute approximate surface area is 90.9 Å². The molecule has 0 radical (unpaired) electrons. The molecule has 15 heavy (non-hydrogen) atoms. The minimum atomic E-state index is 0.149. The Kier molecular flexibility index (Phi) is 2.51. The lowest BCUT2D eigenvalue weighted by Gasteiger charge is -1.99. The fourth-order valence-electron chi connectivity index (χ4n) is 1.17. The SMILES string of the molecule is Cc1cocc1-c1ncc(C=O)c(Cl)n1. The van der Waals surface area contributed by atoms with E-state index in [2.05, 4.69) is 9.97 Å². The molecule has 2 rings (SSSR count). The molecule has 0 aromatic carbocycles. The number of carbonyl (C=O) groups excluding carboxylic acids is 1. The first-order chi connectivity index (χ1) is 7.22. The van der Waals surface area contributed by atoms with E-state index in [1.807, 2.05) is 6.92 Å². The summed E-state index contributed by atoms with van der Waals surface area (Å²) in [6, 6.07) is 0. The largest absolute Gasteiger partial charge is 0.472 e. The molecule has 0 unspecified atom stereocenters. The van der Waals surface area contributed by atoms with Crippen LogP contribution in [0.3, 0.4) is 0 Å². The lowest BCUT2D eigenvalue weighted by Crippen LogP contribution is -1.93. The molecule has 76 valence electrons. The molecule has 2 aromatic heterocycles. The van der Waals surface area contributed by atoms with E-state index in [0.29, 0.717) is 12.1 Å². The van der Waals surface area contributed by atoms with Crippen molar-refractivity contribution in [2.24, 2.45) is 0 Å². The summed E-state index contributed by atoms with van der Waals surface area (Å²) in [6.45, 7) is 1.88. The highest BCUT2D eigenvalue weighted by atomic mass is 35.5. The van der Waals surface area contributed by atoms with Gasteiger partial charge in [-0.3, -0.25) is 4.79 Å². The summed E-state index contributed by atoms with van der Waals surface area (Å²) in [5.41, 5.74) is 1.97. The number of aldehydes is 1. The van der Waals surface area contributed by atoms with E-state index in [9.17, 15) is 4.79 Å². The van der Waals surface area contributed by atoms with E-state index >= 15 is 0 Å². The Morgan fingerprint density at radius 1 is 1.47 bits per heavy atom. The molecule has 2 heterocycles. The number of aromatic nitrogens is 2. The summed E-state index contributed by atoms with van der Waals surface area (Å²) < 4.78 is 5.00. The Morgan fingerprint density at radius 3 is 2.80 bits per heavy atom. The third-order valence-corrected chi connectivity index (χ3v) is 2.29. The van der Waals surface area contributed by atoms with Crippen LogP contribution in [-0.4, -0.2) is 16.3 Å². The third kappa shape index (κ3) is 1.76. The van der Waals surface area contributed by atoms with Crippen molar-refractivity contribution in [3.63, 3.8) is 0 Å². The van der Waals surface area contributed by atoms with Gasteiger partial charge in [-0.1, -0.05) is 11.6 Å². The first kappa shape index (κ1) is 9.86. The maximum absolute atomic E-state index is 10.5. The number of halogens is 1. The van der Waals surface area contributed by atoms with E-state index in [0.717, 1.165) is 11.1 Å². The second-order valence-electron chi connectivity index (χ2n) is 3.03. The zero-order valence-electron chi connectivity index (χ0n) is 7.90. The van der Waals surface area contributed by atoms with Crippen molar-refractivity contribution in [1.82, 2.24) is 9.97 Å². The molecule has 0 spiro atoms. The van der Waals surface area contributed by atoms with Gasteiger partial charge in [-0.15, -0.1) is 0 Å². The maximum atomic E-state index is 10.5. The highest BCUT2D eigenvalue weighted by Crippen LogP contribution is 2.22. The van der Waals surface area contributed by atoms with Crippen molar-refractivity contribution in [2.75, 3.05) is 0 Å². The third-order valence-electron chi connectivity index (χ3n) is 1.99. The highest BCUT2D eigenvalue weighted by molar-refractivity contribution is 6.31. The topological polar surface area (TPSA) is 56.0 Å². The van der Waals surface area contributed by atoms with E-state index < -0.39 is 0 Å². The molecular formula is C10H7ClN2O2. The van der Waals surface area contributed by atoms with E-state index in [-0.39, 0.29) is 10.7 Å². The van der Waals surface area contributed by atoms with Crippen molar-refractivity contribution in [1.29, 1.82) is 0 Å².